The molecular weight excluding hydrogens is 420 g/mol. The van der Waals surface area contributed by atoms with Crippen molar-refractivity contribution >= 4 is 10.0 Å². The molecule has 0 aliphatic carbocycles. The van der Waals surface area contributed by atoms with Gasteiger partial charge in [-0.05, 0) is 29.8 Å². The van der Waals surface area contributed by atoms with Crippen molar-refractivity contribution in [1.82, 2.24) is 9.62 Å². The van der Waals surface area contributed by atoms with Gasteiger partial charge in [-0.1, -0.05) is 12.1 Å². The van der Waals surface area contributed by atoms with Gasteiger partial charge in [0.25, 0.3) is 0 Å². The number of nitrogens with zero attached hydrogens (tertiary/aromatic N) is 1. The minimum atomic E-state index is -3.73. The Labute approximate surface area is 183 Å². The average molecular weight is 449 g/mol. The van der Waals surface area contributed by atoms with Crippen LogP contribution in [0.2, 0.25) is 0 Å². The van der Waals surface area contributed by atoms with Crippen LogP contribution in [0.15, 0.2) is 47.4 Å². The SMILES string of the molecule is COc1ccc(C(CNS(=O)(=O)c2ccc3c(c2)OCCCO3)N2CCOCC2)cc1. The molecule has 1 atom stereocenters. The van der Waals surface area contributed by atoms with Crippen LogP contribution in [0.4, 0.5) is 0 Å². The molecule has 1 saturated heterocycles. The number of morpholine rings is 1. The largest absolute Gasteiger partial charge is 0.497 e. The van der Waals surface area contributed by atoms with Crippen LogP contribution in [0.1, 0.15) is 18.0 Å². The Morgan fingerprint density at radius 2 is 1.71 bits per heavy atom. The maximum absolute atomic E-state index is 13.1. The summed E-state index contributed by atoms with van der Waals surface area (Å²) in [6, 6.07) is 12.3. The van der Waals surface area contributed by atoms with Crippen LogP contribution in [0.3, 0.4) is 0 Å². The molecule has 9 heteroatoms. The van der Waals surface area contributed by atoms with Gasteiger partial charge in [0.05, 0.1) is 38.4 Å². The van der Waals surface area contributed by atoms with Crippen LogP contribution < -0.4 is 18.9 Å². The highest BCUT2D eigenvalue weighted by molar-refractivity contribution is 7.89. The number of rotatable bonds is 7. The van der Waals surface area contributed by atoms with Gasteiger partial charge in [0, 0.05) is 38.2 Å². The minimum absolute atomic E-state index is 0.120. The topological polar surface area (TPSA) is 86.3 Å². The zero-order valence-electron chi connectivity index (χ0n) is 17.6. The fourth-order valence-electron chi connectivity index (χ4n) is 3.76. The molecule has 2 aliphatic heterocycles. The lowest BCUT2D eigenvalue weighted by molar-refractivity contribution is 0.0172. The molecule has 31 heavy (non-hydrogen) atoms. The smallest absolute Gasteiger partial charge is 0.240 e. The van der Waals surface area contributed by atoms with Crippen molar-refractivity contribution in [3.05, 3.63) is 48.0 Å². The van der Waals surface area contributed by atoms with E-state index in [2.05, 4.69) is 9.62 Å². The summed E-state index contributed by atoms with van der Waals surface area (Å²) in [5.41, 5.74) is 1.02. The number of benzene rings is 2. The second-order valence-electron chi connectivity index (χ2n) is 7.45. The standard InChI is InChI=1S/C22H28N2O6S/c1-27-18-5-3-17(4-6-18)20(24-9-13-28-14-10-24)16-23-31(25,26)19-7-8-21-22(15-19)30-12-2-11-29-21/h3-8,15,20,23H,2,9-14,16H2,1H3. The van der Waals surface area contributed by atoms with E-state index in [0.717, 1.165) is 30.8 Å². The lowest BCUT2D eigenvalue weighted by Crippen LogP contribution is -2.43. The van der Waals surface area contributed by atoms with Gasteiger partial charge in [-0.3, -0.25) is 4.90 Å². The monoisotopic (exact) mass is 448 g/mol. The van der Waals surface area contributed by atoms with Crippen LogP contribution in [0.25, 0.3) is 0 Å². The molecule has 0 saturated carbocycles. The van der Waals surface area contributed by atoms with Gasteiger partial charge in [0.15, 0.2) is 11.5 Å². The summed E-state index contributed by atoms with van der Waals surface area (Å²) < 4.78 is 50.9. The number of ether oxygens (including phenoxy) is 4. The van der Waals surface area contributed by atoms with Crippen LogP contribution >= 0.6 is 0 Å². The van der Waals surface area contributed by atoms with E-state index in [1.807, 2.05) is 24.3 Å². The van der Waals surface area contributed by atoms with Crippen molar-refractivity contribution in [3.63, 3.8) is 0 Å². The van der Waals surface area contributed by atoms with E-state index in [-0.39, 0.29) is 17.5 Å². The molecule has 168 valence electrons. The zero-order chi connectivity index (χ0) is 21.7. The predicted octanol–water partition coefficient (Wildman–Crippen LogP) is 2.21. The molecule has 4 rings (SSSR count). The second-order valence-corrected chi connectivity index (χ2v) is 9.22. The summed E-state index contributed by atoms with van der Waals surface area (Å²) in [6.07, 6.45) is 0.762. The summed E-state index contributed by atoms with van der Waals surface area (Å²) in [7, 11) is -2.11. The first-order valence-electron chi connectivity index (χ1n) is 10.4. The molecular formula is C22H28N2O6S. The number of fused-ring (bicyclic) bond motifs is 1. The minimum Gasteiger partial charge on any atom is -0.497 e. The first-order chi connectivity index (χ1) is 15.1. The molecule has 2 aliphatic rings. The molecule has 1 N–H and O–H groups in total. The maximum atomic E-state index is 13.1. The third-order valence-corrected chi connectivity index (χ3v) is 6.90. The fourth-order valence-corrected chi connectivity index (χ4v) is 4.81. The maximum Gasteiger partial charge on any atom is 0.240 e. The zero-order valence-corrected chi connectivity index (χ0v) is 18.4. The van der Waals surface area contributed by atoms with Crippen molar-refractivity contribution in [2.75, 3.05) is 53.2 Å². The van der Waals surface area contributed by atoms with Crippen molar-refractivity contribution in [1.29, 1.82) is 0 Å². The Hall–Kier alpha value is -2.33. The highest BCUT2D eigenvalue weighted by Gasteiger charge is 2.26. The predicted molar refractivity (Wildman–Crippen MR) is 115 cm³/mol. The molecule has 2 heterocycles. The van der Waals surface area contributed by atoms with E-state index in [1.165, 1.54) is 6.07 Å². The number of sulfonamides is 1. The Balaban J connectivity index is 1.53. The van der Waals surface area contributed by atoms with Gasteiger partial charge in [-0.15, -0.1) is 0 Å². The van der Waals surface area contributed by atoms with Crippen molar-refractivity contribution in [3.8, 4) is 17.2 Å². The highest BCUT2D eigenvalue weighted by Crippen LogP contribution is 2.32. The molecule has 2 aromatic carbocycles. The summed E-state index contributed by atoms with van der Waals surface area (Å²) in [5, 5.41) is 0. The quantitative estimate of drug-likeness (QED) is 0.695. The van der Waals surface area contributed by atoms with Gasteiger partial charge in [-0.25, -0.2) is 13.1 Å². The molecule has 1 fully saturated rings. The van der Waals surface area contributed by atoms with Crippen LogP contribution in [0, 0.1) is 0 Å². The van der Waals surface area contributed by atoms with Gasteiger partial charge < -0.3 is 18.9 Å². The van der Waals surface area contributed by atoms with Crippen LogP contribution in [0.5, 0.6) is 17.2 Å². The van der Waals surface area contributed by atoms with E-state index in [4.69, 9.17) is 18.9 Å². The summed E-state index contributed by atoms with van der Waals surface area (Å²) in [4.78, 5) is 2.40. The second kappa shape index (κ2) is 9.86. The third kappa shape index (κ3) is 5.30. The number of methoxy groups -OCH3 is 1. The molecule has 0 spiro atoms. The van der Waals surface area contributed by atoms with E-state index < -0.39 is 10.0 Å². The Bertz CT molecular complexity index is 974. The molecule has 0 amide bonds. The van der Waals surface area contributed by atoms with E-state index in [9.17, 15) is 8.42 Å². The molecule has 8 nitrogen and oxygen atoms in total. The van der Waals surface area contributed by atoms with Crippen LogP contribution in [-0.4, -0.2) is 66.5 Å². The summed E-state index contributed by atoms with van der Waals surface area (Å²) >= 11 is 0. The van der Waals surface area contributed by atoms with Crippen molar-refractivity contribution < 1.29 is 27.4 Å². The summed E-state index contributed by atoms with van der Waals surface area (Å²) in [5.74, 6) is 1.79. The molecule has 0 bridgehead atoms. The van der Waals surface area contributed by atoms with E-state index in [0.29, 0.717) is 37.9 Å². The molecule has 1 unspecified atom stereocenters. The van der Waals surface area contributed by atoms with Crippen LogP contribution in [-0.2, 0) is 14.8 Å². The lowest BCUT2D eigenvalue weighted by atomic mass is 10.0. The fraction of sp³-hybridized carbons (Fsp3) is 0.455. The molecule has 0 aromatic heterocycles. The van der Waals surface area contributed by atoms with Gasteiger partial charge >= 0.3 is 0 Å². The van der Waals surface area contributed by atoms with E-state index >= 15 is 0 Å². The Morgan fingerprint density at radius 1 is 1.00 bits per heavy atom. The normalized spacial score (nSPS) is 18.2. The number of nitrogens with one attached hydrogen (secondary N) is 1. The first kappa shape index (κ1) is 21.9. The Morgan fingerprint density at radius 3 is 2.42 bits per heavy atom. The molecule has 2 aromatic rings. The van der Waals surface area contributed by atoms with E-state index in [1.54, 1.807) is 19.2 Å². The third-order valence-electron chi connectivity index (χ3n) is 5.48. The van der Waals surface area contributed by atoms with Gasteiger partial charge in [-0.2, -0.15) is 0 Å². The van der Waals surface area contributed by atoms with Gasteiger partial charge in [0.2, 0.25) is 10.0 Å². The van der Waals surface area contributed by atoms with Gasteiger partial charge in [0.1, 0.15) is 5.75 Å². The Kier molecular flexibility index (Phi) is 6.96. The lowest BCUT2D eigenvalue weighted by Gasteiger charge is -2.35. The highest BCUT2D eigenvalue weighted by atomic mass is 32.2. The number of hydrogen-bond donors (Lipinski definition) is 1. The first-order valence-corrected chi connectivity index (χ1v) is 11.9. The van der Waals surface area contributed by atoms with Crippen molar-refractivity contribution in [2.45, 2.75) is 17.4 Å². The summed E-state index contributed by atoms with van der Waals surface area (Å²) in [6.45, 7) is 4.03. The number of hydrogen-bond acceptors (Lipinski definition) is 7. The average Bonchev–Trinajstić information content (AvgIpc) is 3.05. The van der Waals surface area contributed by atoms with Crippen molar-refractivity contribution in [2.24, 2.45) is 0 Å². The molecule has 0 radical (unpaired) electrons.